The number of carbonyl (C=O) groups is 2. The van der Waals surface area contributed by atoms with E-state index in [0.717, 1.165) is 5.56 Å². The molecular formula is C21H19ClN2O5S. The summed E-state index contributed by atoms with van der Waals surface area (Å²) in [6, 6.07) is 17.7. The van der Waals surface area contributed by atoms with Gasteiger partial charge in [0.15, 0.2) is 9.84 Å². The quantitative estimate of drug-likeness (QED) is 0.543. The van der Waals surface area contributed by atoms with Crippen molar-refractivity contribution in [3.05, 3.63) is 89.3 Å². The van der Waals surface area contributed by atoms with Crippen LogP contribution in [0.4, 0.5) is 0 Å². The van der Waals surface area contributed by atoms with E-state index in [-0.39, 0.29) is 23.7 Å². The molecule has 1 atom stereocenters. The molecule has 2 aromatic carbocycles. The lowest BCUT2D eigenvalue weighted by Gasteiger charge is -2.16. The highest BCUT2D eigenvalue weighted by atomic mass is 35.5. The van der Waals surface area contributed by atoms with Crippen LogP contribution >= 0.6 is 11.6 Å². The molecule has 0 aliphatic carbocycles. The summed E-state index contributed by atoms with van der Waals surface area (Å²) >= 11 is 5.81. The first kappa shape index (κ1) is 21.6. The lowest BCUT2D eigenvalue weighted by Crippen LogP contribution is -2.42. The smallest absolute Gasteiger partial charge is 0.309 e. The molecule has 1 aromatic heterocycles. The first-order chi connectivity index (χ1) is 14.4. The van der Waals surface area contributed by atoms with Crippen molar-refractivity contribution in [3.63, 3.8) is 0 Å². The number of rotatable bonds is 7. The Morgan fingerprint density at radius 3 is 2.20 bits per heavy atom. The number of benzene rings is 2. The second kappa shape index (κ2) is 9.60. The molecule has 1 heterocycles. The van der Waals surface area contributed by atoms with Gasteiger partial charge in [0.05, 0.1) is 11.2 Å². The van der Waals surface area contributed by atoms with Gasteiger partial charge in [0.2, 0.25) is 0 Å². The summed E-state index contributed by atoms with van der Waals surface area (Å²) in [7, 11) is -3.86. The fourth-order valence-corrected chi connectivity index (χ4v) is 4.48. The molecule has 0 spiro atoms. The van der Waals surface area contributed by atoms with Crippen LogP contribution < -0.4 is 10.6 Å². The molecule has 0 fully saturated rings. The molecule has 0 bridgehead atoms. The Balaban J connectivity index is 1.66. The zero-order chi connectivity index (χ0) is 21.6. The zero-order valence-corrected chi connectivity index (χ0v) is 17.3. The van der Waals surface area contributed by atoms with Gasteiger partial charge in [-0.15, -0.1) is 0 Å². The SMILES string of the molecule is O=C(NCc1ccc(Cl)cc1)C(=O)NC[C@@H](c1ccco1)S(=O)(=O)c1ccccc1. The Hall–Kier alpha value is -3.10. The van der Waals surface area contributed by atoms with Gasteiger partial charge >= 0.3 is 11.8 Å². The molecular weight excluding hydrogens is 428 g/mol. The minimum atomic E-state index is -3.86. The normalized spacial score (nSPS) is 12.2. The van der Waals surface area contributed by atoms with Crippen LogP contribution in [0.2, 0.25) is 5.02 Å². The highest BCUT2D eigenvalue weighted by Gasteiger charge is 2.32. The summed E-state index contributed by atoms with van der Waals surface area (Å²) in [4.78, 5) is 24.4. The van der Waals surface area contributed by atoms with Gasteiger partial charge in [-0.05, 0) is 42.0 Å². The molecule has 0 unspecified atom stereocenters. The van der Waals surface area contributed by atoms with Crippen LogP contribution in [0.25, 0.3) is 0 Å². The summed E-state index contributed by atoms with van der Waals surface area (Å²) in [5.74, 6) is -1.65. The molecule has 7 nitrogen and oxygen atoms in total. The minimum absolute atomic E-state index is 0.0906. The van der Waals surface area contributed by atoms with Crippen LogP contribution in [-0.4, -0.2) is 26.8 Å². The molecule has 2 N–H and O–H groups in total. The van der Waals surface area contributed by atoms with Crippen molar-refractivity contribution in [1.82, 2.24) is 10.6 Å². The van der Waals surface area contributed by atoms with Crippen molar-refractivity contribution in [2.75, 3.05) is 6.54 Å². The average Bonchev–Trinajstić information content (AvgIpc) is 3.28. The molecule has 3 aromatic rings. The number of furan rings is 1. The summed E-state index contributed by atoms with van der Waals surface area (Å²) in [5, 5.41) is 4.24. The van der Waals surface area contributed by atoms with Crippen molar-refractivity contribution in [1.29, 1.82) is 0 Å². The Morgan fingerprint density at radius 1 is 0.900 bits per heavy atom. The number of sulfone groups is 1. The average molecular weight is 447 g/mol. The highest BCUT2D eigenvalue weighted by molar-refractivity contribution is 7.91. The third-order valence-corrected chi connectivity index (χ3v) is 6.66. The highest BCUT2D eigenvalue weighted by Crippen LogP contribution is 2.28. The van der Waals surface area contributed by atoms with E-state index in [0.29, 0.717) is 5.02 Å². The maximum absolute atomic E-state index is 13.0. The number of halogens is 1. The largest absolute Gasteiger partial charge is 0.468 e. The monoisotopic (exact) mass is 446 g/mol. The van der Waals surface area contributed by atoms with E-state index in [1.807, 2.05) is 0 Å². The van der Waals surface area contributed by atoms with Crippen molar-refractivity contribution in [2.24, 2.45) is 0 Å². The Labute approximate surface area is 179 Å². The molecule has 0 aliphatic heterocycles. The molecule has 0 radical (unpaired) electrons. The number of hydrogen-bond donors (Lipinski definition) is 2. The van der Waals surface area contributed by atoms with Gasteiger partial charge < -0.3 is 15.1 Å². The third-order valence-electron chi connectivity index (χ3n) is 4.33. The first-order valence-corrected chi connectivity index (χ1v) is 10.9. The molecule has 156 valence electrons. The van der Waals surface area contributed by atoms with E-state index < -0.39 is 26.9 Å². The van der Waals surface area contributed by atoms with Crippen molar-refractivity contribution >= 4 is 33.3 Å². The molecule has 0 saturated carbocycles. The lowest BCUT2D eigenvalue weighted by molar-refractivity contribution is -0.139. The molecule has 0 saturated heterocycles. The predicted octanol–water partition coefficient (Wildman–Crippen LogP) is 2.88. The van der Waals surface area contributed by atoms with Crippen molar-refractivity contribution in [2.45, 2.75) is 16.7 Å². The van der Waals surface area contributed by atoms with E-state index in [9.17, 15) is 18.0 Å². The predicted molar refractivity (Wildman–Crippen MR) is 111 cm³/mol. The molecule has 0 aliphatic rings. The molecule has 30 heavy (non-hydrogen) atoms. The maximum atomic E-state index is 13.0. The first-order valence-electron chi connectivity index (χ1n) is 9.01. The van der Waals surface area contributed by atoms with Crippen LogP contribution in [0.3, 0.4) is 0 Å². The summed E-state index contributed by atoms with van der Waals surface area (Å²) in [6.45, 7) is -0.189. The zero-order valence-electron chi connectivity index (χ0n) is 15.7. The topological polar surface area (TPSA) is 105 Å². The van der Waals surface area contributed by atoms with Crippen LogP contribution in [0.1, 0.15) is 16.6 Å². The van der Waals surface area contributed by atoms with E-state index in [1.165, 1.54) is 24.5 Å². The number of amides is 2. The number of nitrogens with one attached hydrogen (secondary N) is 2. The Bertz CT molecular complexity index is 1100. The van der Waals surface area contributed by atoms with E-state index in [4.69, 9.17) is 16.0 Å². The summed E-state index contributed by atoms with van der Waals surface area (Å²) in [5.41, 5.74) is 0.765. The summed E-state index contributed by atoms with van der Waals surface area (Å²) in [6.07, 6.45) is 1.35. The van der Waals surface area contributed by atoms with Crippen LogP contribution in [0.5, 0.6) is 0 Å². The Morgan fingerprint density at radius 2 is 1.57 bits per heavy atom. The van der Waals surface area contributed by atoms with E-state index >= 15 is 0 Å². The van der Waals surface area contributed by atoms with Crippen LogP contribution in [-0.2, 0) is 26.0 Å². The fourth-order valence-electron chi connectivity index (χ4n) is 2.74. The van der Waals surface area contributed by atoms with Gasteiger partial charge in [-0.3, -0.25) is 9.59 Å². The fraction of sp³-hybridized carbons (Fsp3) is 0.143. The van der Waals surface area contributed by atoms with Crippen LogP contribution in [0.15, 0.2) is 82.3 Å². The molecule has 2 amide bonds. The second-order valence-corrected chi connectivity index (χ2v) is 8.95. The standard InChI is InChI=1S/C21H19ClN2O5S/c22-16-10-8-15(9-11-16)13-23-20(25)21(26)24-14-19(18-7-4-12-29-18)30(27,28)17-5-2-1-3-6-17/h1-12,19H,13-14H2,(H,23,25)(H,24,26)/t19-/m0/s1. The number of carbonyl (C=O) groups excluding carboxylic acids is 2. The number of hydrogen-bond acceptors (Lipinski definition) is 5. The lowest BCUT2D eigenvalue weighted by atomic mass is 10.2. The van der Waals surface area contributed by atoms with E-state index in [2.05, 4.69) is 10.6 Å². The minimum Gasteiger partial charge on any atom is -0.468 e. The van der Waals surface area contributed by atoms with Gasteiger partial charge in [-0.25, -0.2) is 8.42 Å². The maximum Gasteiger partial charge on any atom is 0.309 e. The summed E-state index contributed by atoms with van der Waals surface area (Å²) < 4.78 is 31.3. The van der Waals surface area contributed by atoms with Gasteiger partial charge in [-0.1, -0.05) is 41.9 Å². The third kappa shape index (κ3) is 5.28. The van der Waals surface area contributed by atoms with E-state index in [1.54, 1.807) is 48.5 Å². The Kier molecular flexibility index (Phi) is 6.91. The molecule has 9 heteroatoms. The van der Waals surface area contributed by atoms with Crippen molar-refractivity contribution < 1.29 is 22.4 Å². The van der Waals surface area contributed by atoms with Crippen LogP contribution in [0, 0.1) is 0 Å². The molecule has 3 rings (SSSR count). The van der Waals surface area contributed by atoms with Gasteiger partial charge in [-0.2, -0.15) is 0 Å². The van der Waals surface area contributed by atoms with Crippen molar-refractivity contribution in [3.8, 4) is 0 Å². The van der Waals surface area contributed by atoms with Gasteiger partial charge in [0.1, 0.15) is 11.0 Å². The van der Waals surface area contributed by atoms with Gasteiger partial charge in [0, 0.05) is 18.1 Å². The van der Waals surface area contributed by atoms with Gasteiger partial charge in [0.25, 0.3) is 0 Å². The second-order valence-electron chi connectivity index (χ2n) is 6.38.